The van der Waals surface area contributed by atoms with Crippen LogP contribution in [-0.2, 0) is 11.2 Å². The zero-order chi connectivity index (χ0) is 16.6. The zero-order valence-electron chi connectivity index (χ0n) is 13.7. The molecule has 2 N–H and O–H groups in total. The number of hydrogen-bond acceptors (Lipinski definition) is 4. The standard InChI is InChI=1S/C18H23N3O2S/c22-17(19-10-9-15-8-4-5-11-23-15)21-18-20-13-16(24-18)12-14-6-2-1-3-7-14/h1-3,6-7,13,15H,4-5,8-12H2,(H2,19,20,21,22)/t15-/m0/s1. The first-order valence-electron chi connectivity index (χ1n) is 8.45. The number of benzene rings is 1. The van der Waals surface area contributed by atoms with Gasteiger partial charge in [0.1, 0.15) is 0 Å². The minimum absolute atomic E-state index is 0.202. The lowest BCUT2D eigenvalue weighted by Crippen LogP contribution is -2.32. The van der Waals surface area contributed by atoms with E-state index < -0.39 is 0 Å². The van der Waals surface area contributed by atoms with Crippen molar-refractivity contribution < 1.29 is 9.53 Å². The van der Waals surface area contributed by atoms with Crippen molar-refractivity contribution in [2.45, 2.75) is 38.2 Å². The molecule has 6 heteroatoms. The highest BCUT2D eigenvalue weighted by molar-refractivity contribution is 7.15. The van der Waals surface area contributed by atoms with Gasteiger partial charge in [0.15, 0.2) is 5.13 Å². The topological polar surface area (TPSA) is 63.2 Å². The van der Waals surface area contributed by atoms with Crippen LogP contribution in [0.4, 0.5) is 9.93 Å². The summed E-state index contributed by atoms with van der Waals surface area (Å²) in [6.45, 7) is 1.47. The first-order chi connectivity index (χ1) is 11.8. The SMILES string of the molecule is O=C(NCC[C@@H]1CCCCO1)Nc1ncc(Cc2ccccc2)s1. The van der Waals surface area contributed by atoms with Gasteiger partial charge in [-0.25, -0.2) is 9.78 Å². The first-order valence-corrected chi connectivity index (χ1v) is 9.26. The molecule has 1 fully saturated rings. The van der Waals surface area contributed by atoms with Gasteiger partial charge in [-0.3, -0.25) is 5.32 Å². The number of nitrogens with one attached hydrogen (secondary N) is 2. The predicted molar refractivity (Wildman–Crippen MR) is 96.6 cm³/mol. The molecule has 24 heavy (non-hydrogen) atoms. The number of anilines is 1. The smallest absolute Gasteiger partial charge is 0.321 e. The second-order valence-corrected chi connectivity index (χ2v) is 7.07. The summed E-state index contributed by atoms with van der Waals surface area (Å²) in [5, 5.41) is 6.31. The van der Waals surface area contributed by atoms with Crippen LogP contribution in [0.2, 0.25) is 0 Å². The Hall–Kier alpha value is -1.92. The fourth-order valence-corrected chi connectivity index (χ4v) is 3.61. The molecule has 3 rings (SSSR count). The number of thiazole rings is 1. The van der Waals surface area contributed by atoms with E-state index >= 15 is 0 Å². The summed E-state index contributed by atoms with van der Waals surface area (Å²) >= 11 is 1.51. The first kappa shape index (κ1) is 16.9. The van der Waals surface area contributed by atoms with E-state index in [1.807, 2.05) is 24.4 Å². The molecule has 2 heterocycles. The van der Waals surface area contributed by atoms with E-state index in [-0.39, 0.29) is 12.1 Å². The van der Waals surface area contributed by atoms with Crippen LogP contribution in [0.1, 0.15) is 36.1 Å². The van der Waals surface area contributed by atoms with E-state index in [1.165, 1.54) is 23.3 Å². The van der Waals surface area contributed by atoms with Crippen molar-refractivity contribution in [1.29, 1.82) is 0 Å². The van der Waals surface area contributed by atoms with E-state index in [0.717, 1.165) is 37.2 Å². The molecule has 0 saturated carbocycles. The molecule has 2 amide bonds. The van der Waals surface area contributed by atoms with Crippen LogP contribution >= 0.6 is 11.3 Å². The third-order valence-corrected chi connectivity index (χ3v) is 4.93. The quantitative estimate of drug-likeness (QED) is 0.837. The third-order valence-electron chi connectivity index (χ3n) is 4.02. The number of hydrogen-bond donors (Lipinski definition) is 2. The van der Waals surface area contributed by atoms with E-state index in [0.29, 0.717) is 11.7 Å². The number of nitrogens with zero attached hydrogens (tertiary/aromatic N) is 1. The van der Waals surface area contributed by atoms with Gasteiger partial charge < -0.3 is 10.1 Å². The molecule has 5 nitrogen and oxygen atoms in total. The van der Waals surface area contributed by atoms with Crippen molar-refractivity contribution in [1.82, 2.24) is 10.3 Å². The third kappa shape index (κ3) is 5.32. The molecular weight excluding hydrogens is 322 g/mol. The lowest BCUT2D eigenvalue weighted by Gasteiger charge is -2.22. The molecule has 0 bridgehead atoms. The average molecular weight is 345 g/mol. The van der Waals surface area contributed by atoms with E-state index in [4.69, 9.17) is 4.74 Å². The second-order valence-electron chi connectivity index (χ2n) is 5.95. The summed E-state index contributed by atoms with van der Waals surface area (Å²) in [6, 6.07) is 10.0. The Morgan fingerprint density at radius 3 is 2.96 bits per heavy atom. The Morgan fingerprint density at radius 1 is 1.29 bits per heavy atom. The lowest BCUT2D eigenvalue weighted by atomic mass is 10.1. The van der Waals surface area contributed by atoms with Gasteiger partial charge in [0.2, 0.25) is 0 Å². The zero-order valence-corrected chi connectivity index (χ0v) is 14.5. The molecule has 0 unspecified atom stereocenters. The fourth-order valence-electron chi connectivity index (χ4n) is 2.77. The van der Waals surface area contributed by atoms with Crippen molar-refractivity contribution in [3.8, 4) is 0 Å². The van der Waals surface area contributed by atoms with Crippen LogP contribution in [0.15, 0.2) is 36.5 Å². The Balaban J connectivity index is 1.40. The van der Waals surface area contributed by atoms with Crippen molar-refractivity contribution >= 4 is 22.5 Å². The Bertz CT molecular complexity index is 639. The summed E-state index contributed by atoms with van der Waals surface area (Å²) in [7, 11) is 0. The van der Waals surface area contributed by atoms with E-state index in [1.54, 1.807) is 0 Å². The average Bonchev–Trinajstić information content (AvgIpc) is 3.03. The van der Waals surface area contributed by atoms with Gasteiger partial charge in [-0.05, 0) is 31.2 Å². The van der Waals surface area contributed by atoms with E-state index in [2.05, 4.69) is 27.8 Å². The highest BCUT2D eigenvalue weighted by Crippen LogP contribution is 2.21. The monoisotopic (exact) mass is 345 g/mol. The van der Waals surface area contributed by atoms with Gasteiger partial charge in [0.05, 0.1) is 6.10 Å². The van der Waals surface area contributed by atoms with Crippen LogP contribution in [0.25, 0.3) is 0 Å². The van der Waals surface area contributed by atoms with Gasteiger partial charge in [0, 0.05) is 30.6 Å². The molecule has 1 atom stereocenters. The molecule has 0 radical (unpaired) electrons. The van der Waals surface area contributed by atoms with Crippen molar-refractivity contribution in [3.05, 3.63) is 47.0 Å². The molecule has 1 aromatic heterocycles. The van der Waals surface area contributed by atoms with Gasteiger partial charge >= 0.3 is 6.03 Å². The van der Waals surface area contributed by atoms with Crippen LogP contribution in [-0.4, -0.2) is 30.3 Å². The number of amides is 2. The molecule has 128 valence electrons. The number of urea groups is 1. The largest absolute Gasteiger partial charge is 0.378 e. The number of rotatable bonds is 6. The molecule has 2 aromatic rings. The predicted octanol–water partition coefficient (Wildman–Crippen LogP) is 3.81. The van der Waals surface area contributed by atoms with Crippen LogP contribution in [0.3, 0.4) is 0 Å². The van der Waals surface area contributed by atoms with Crippen LogP contribution < -0.4 is 10.6 Å². The van der Waals surface area contributed by atoms with Gasteiger partial charge in [0.25, 0.3) is 0 Å². The van der Waals surface area contributed by atoms with Gasteiger partial charge in [-0.1, -0.05) is 30.3 Å². The van der Waals surface area contributed by atoms with Crippen LogP contribution in [0, 0.1) is 0 Å². The second kappa shape index (κ2) is 8.80. The van der Waals surface area contributed by atoms with E-state index in [9.17, 15) is 4.79 Å². The summed E-state index contributed by atoms with van der Waals surface area (Å²) in [5.41, 5.74) is 1.24. The molecule has 1 aliphatic heterocycles. The maximum absolute atomic E-state index is 11.9. The van der Waals surface area contributed by atoms with Crippen LogP contribution in [0.5, 0.6) is 0 Å². The number of ether oxygens (including phenoxy) is 1. The fraction of sp³-hybridized carbons (Fsp3) is 0.444. The number of aromatic nitrogens is 1. The Morgan fingerprint density at radius 2 is 2.17 bits per heavy atom. The highest BCUT2D eigenvalue weighted by atomic mass is 32.1. The van der Waals surface area contributed by atoms with Crippen molar-refractivity contribution in [2.24, 2.45) is 0 Å². The highest BCUT2D eigenvalue weighted by Gasteiger charge is 2.14. The normalized spacial score (nSPS) is 17.4. The molecule has 1 aliphatic rings. The summed E-state index contributed by atoms with van der Waals surface area (Å²) < 4.78 is 5.66. The molecule has 0 aliphatic carbocycles. The molecule has 0 spiro atoms. The number of carbonyl (C=O) groups excluding carboxylic acids is 1. The molecule has 1 saturated heterocycles. The molecule has 1 aromatic carbocycles. The van der Waals surface area contributed by atoms with Gasteiger partial charge in [-0.2, -0.15) is 0 Å². The number of carbonyl (C=O) groups is 1. The lowest BCUT2D eigenvalue weighted by molar-refractivity contribution is 0.0120. The maximum atomic E-state index is 11.9. The molecular formula is C18H23N3O2S. The Kier molecular flexibility index (Phi) is 6.20. The Labute approximate surface area is 146 Å². The van der Waals surface area contributed by atoms with Gasteiger partial charge in [-0.15, -0.1) is 11.3 Å². The maximum Gasteiger partial charge on any atom is 0.321 e. The summed E-state index contributed by atoms with van der Waals surface area (Å²) in [4.78, 5) is 17.3. The van der Waals surface area contributed by atoms with Crippen molar-refractivity contribution in [2.75, 3.05) is 18.5 Å². The van der Waals surface area contributed by atoms with Crippen molar-refractivity contribution in [3.63, 3.8) is 0 Å². The minimum atomic E-state index is -0.202. The summed E-state index contributed by atoms with van der Waals surface area (Å²) in [6.07, 6.45) is 7.28. The summed E-state index contributed by atoms with van der Waals surface area (Å²) in [5.74, 6) is 0. The minimum Gasteiger partial charge on any atom is -0.378 e.